The summed E-state index contributed by atoms with van der Waals surface area (Å²) < 4.78 is 5.00. The first kappa shape index (κ1) is 21.0. The lowest BCUT2D eigenvalue weighted by Crippen LogP contribution is -2.49. The lowest BCUT2D eigenvalue weighted by atomic mass is 10.1. The number of carbonyl (C=O) groups excluding carboxylic acids is 2. The van der Waals surface area contributed by atoms with E-state index < -0.39 is 11.0 Å². The van der Waals surface area contributed by atoms with E-state index >= 15 is 0 Å². The highest BCUT2D eigenvalue weighted by Gasteiger charge is 2.30. The molecule has 2 aromatic rings. The fourth-order valence-corrected chi connectivity index (χ4v) is 3.13. The Balaban J connectivity index is 1.84. The summed E-state index contributed by atoms with van der Waals surface area (Å²) in [6.07, 6.45) is 0.846. The lowest BCUT2D eigenvalue weighted by Gasteiger charge is -2.34. The average Bonchev–Trinajstić information content (AvgIpc) is 2.74. The zero-order valence-corrected chi connectivity index (χ0v) is 16.7. The van der Waals surface area contributed by atoms with Gasteiger partial charge in [0.15, 0.2) is 5.78 Å². The minimum atomic E-state index is -0.537. The van der Waals surface area contributed by atoms with Crippen LogP contribution in [0.5, 0.6) is 0 Å². The number of piperazine rings is 1. The molecule has 1 saturated heterocycles. The van der Waals surface area contributed by atoms with Crippen LogP contribution in [0.25, 0.3) is 0 Å². The number of hydrogen-bond acceptors (Lipinski definition) is 9. The van der Waals surface area contributed by atoms with Crippen LogP contribution in [0.1, 0.15) is 24.2 Å². The van der Waals surface area contributed by atoms with E-state index in [0.717, 1.165) is 0 Å². The molecule has 0 unspecified atom stereocenters. The highest BCUT2D eigenvalue weighted by molar-refractivity contribution is 5.95. The molecule has 2 heterocycles. The van der Waals surface area contributed by atoms with Gasteiger partial charge in [-0.15, -0.1) is 0 Å². The Morgan fingerprint density at radius 2 is 1.97 bits per heavy atom. The molecule has 0 aliphatic carbocycles. The Hall–Kier alpha value is -3.76. The number of ketones is 1. The van der Waals surface area contributed by atoms with Gasteiger partial charge in [-0.1, -0.05) is 12.1 Å². The van der Waals surface area contributed by atoms with Gasteiger partial charge in [0.05, 0.1) is 11.5 Å². The molecule has 1 aromatic heterocycles. The second-order valence-electron chi connectivity index (χ2n) is 6.59. The van der Waals surface area contributed by atoms with Crippen molar-refractivity contribution in [1.29, 1.82) is 0 Å². The molecule has 0 radical (unpaired) electrons. The Morgan fingerprint density at radius 1 is 1.23 bits per heavy atom. The highest BCUT2D eigenvalue weighted by atomic mass is 16.6. The molecule has 11 heteroatoms. The number of amides is 1. The normalized spacial score (nSPS) is 13.7. The van der Waals surface area contributed by atoms with Crippen molar-refractivity contribution in [3.8, 4) is 0 Å². The molecule has 30 heavy (non-hydrogen) atoms. The van der Waals surface area contributed by atoms with Crippen molar-refractivity contribution in [2.45, 2.75) is 13.8 Å². The first-order valence-electron chi connectivity index (χ1n) is 9.44. The summed E-state index contributed by atoms with van der Waals surface area (Å²) >= 11 is 0. The molecule has 0 spiro atoms. The predicted molar refractivity (Wildman–Crippen MR) is 109 cm³/mol. The van der Waals surface area contributed by atoms with E-state index in [9.17, 15) is 19.7 Å². The number of hydrogen-bond donors (Lipinski definition) is 1. The smallest absolute Gasteiger partial charge is 0.409 e. The van der Waals surface area contributed by atoms with Gasteiger partial charge in [-0.2, -0.15) is 0 Å². The molecule has 11 nitrogen and oxygen atoms in total. The van der Waals surface area contributed by atoms with Crippen molar-refractivity contribution in [2.24, 2.45) is 0 Å². The number of rotatable bonds is 6. The molecular weight excluding hydrogens is 392 g/mol. The van der Waals surface area contributed by atoms with Gasteiger partial charge in [-0.3, -0.25) is 14.9 Å². The Morgan fingerprint density at radius 3 is 2.60 bits per heavy atom. The van der Waals surface area contributed by atoms with E-state index in [0.29, 0.717) is 37.4 Å². The van der Waals surface area contributed by atoms with Crippen molar-refractivity contribution in [2.75, 3.05) is 43.0 Å². The number of nitrogens with one attached hydrogen (secondary N) is 1. The van der Waals surface area contributed by atoms with Crippen LogP contribution >= 0.6 is 0 Å². The third-order valence-corrected chi connectivity index (χ3v) is 4.62. The van der Waals surface area contributed by atoms with Crippen molar-refractivity contribution in [1.82, 2.24) is 14.9 Å². The maximum atomic E-state index is 11.9. The average molecular weight is 414 g/mol. The van der Waals surface area contributed by atoms with Gasteiger partial charge in [0, 0.05) is 37.4 Å². The summed E-state index contributed by atoms with van der Waals surface area (Å²) in [6, 6.07) is 6.64. The van der Waals surface area contributed by atoms with Gasteiger partial charge in [-0.05, 0) is 26.0 Å². The number of nitrogens with zero attached hydrogens (tertiary/aromatic N) is 5. The monoisotopic (exact) mass is 414 g/mol. The molecule has 3 rings (SSSR count). The van der Waals surface area contributed by atoms with E-state index in [1.165, 1.54) is 13.3 Å². The second-order valence-corrected chi connectivity index (χ2v) is 6.59. The van der Waals surface area contributed by atoms with Crippen LogP contribution in [-0.4, -0.2) is 64.5 Å². The van der Waals surface area contributed by atoms with Crippen molar-refractivity contribution < 1.29 is 19.2 Å². The fraction of sp³-hybridized carbons (Fsp3) is 0.368. The van der Waals surface area contributed by atoms with Crippen molar-refractivity contribution in [3.05, 3.63) is 46.3 Å². The SMILES string of the molecule is CCOC(=O)N1CCN(c2ncnc(Nc3cccc(C(C)=O)c3)c2[N+](=O)[O-])CC1. The second kappa shape index (κ2) is 9.16. The van der Waals surface area contributed by atoms with Gasteiger partial charge >= 0.3 is 11.8 Å². The number of ether oxygens (including phenoxy) is 1. The van der Waals surface area contributed by atoms with Gasteiger partial charge in [0.25, 0.3) is 0 Å². The fourth-order valence-electron chi connectivity index (χ4n) is 3.13. The molecule has 0 atom stereocenters. The lowest BCUT2D eigenvalue weighted by molar-refractivity contribution is -0.383. The summed E-state index contributed by atoms with van der Waals surface area (Å²) in [5.41, 5.74) is 0.713. The number of benzene rings is 1. The maximum Gasteiger partial charge on any atom is 0.409 e. The summed E-state index contributed by atoms with van der Waals surface area (Å²) in [5.74, 6) is 0.0817. The molecule has 0 saturated carbocycles. The van der Waals surface area contributed by atoms with Crippen LogP contribution < -0.4 is 10.2 Å². The molecule has 1 aromatic carbocycles. The van der Waals surface area contributed by atoms with Crippen LogP contribution in [0, 0.1) is 10.1 Å². The largest absolute Gasteiger partial charge is 0.450 e. The van der Waals surface area contributed by atoms with Gasteiger partial charge in [0.1, 0.15) is 6.33 Å². The Bertz CT molecular complexity index is 958. The minimum Gasteiger partial charge on any atom is -0.450 e. The number of aromatic nitrogens is 2. The van der Waals surface area contributed by atoms with E-state index in [-0.39, 0.29) is 29.7 Å². The first-order chi connectivity index (χ1) is 14.4. The molecule has 158 valence electrons. The standard InChI is InChI=1S/C19H22N6O5/c1-3-30-19(27)24-9-7-23(8-10-24)18-16(25(28)29)17(20-12-21-18)22-15-6-4-5-14(11-15)13(2)26/h4-6,11-12H,3,7-10H2,1-2H3,(H,20,21,22). The number of anilines is 3. The van der Waals surface area contributed by atoms with Crippen LogP contribution in [0.4, 0.5) is 27.8 Å². The third-order valence-electron chi connectivity index (χ3n) is 4.62. The molecule has 1 aliphatic rings. The van der Waals surface area contributed by atoms with Crippen LogP contribution in [-0.2, 0) is 4.74 Å². The quantitative estimate of drug-likeness (QED) is 0.430. The maximum absolute atomic E-state index is 11.9. The van der Waals surface area contributed by atoms with Gasteiger partial charge in [0.2, 0.25) is 11.6 Å². The zero-order valence-electron chi connectivity index (χ0n) is 16.7. The van der Waals surface area contributed by atoms with Crippen LogP contribution in [0.3, 0.4) is 0 Å². The summed E-state index contributed by atoms with van der Waals surface area (Å²) in [6.45, 7) is 4.94. The number of nitro groups is 1. The predicted octanol–water partition coefficient (Wildman–Crippen LogP) is 2.61. The summed E-state index contributed by atoms with van der Waals surface area (Å²) in [7, 11) is 0. The van der Waals surface area contributed by atoms with Gasteiger partial charge in [-0.25, -0.2) is 14.8 Å². The van der Waals surface area contributed by atoms with Crippen molar-refractivity contribution >= 4 is 34.9 Å². The van der Waals surface area contributed by atoms with E-state index in [1.54, 1.807) is 41.0 Å². The van der Waals surface area contributed by atoms with E-state index in [4.69, 9.17) is 4.74 Å². The van der Waals surface area contributed by atoms with E-state index in [2.05, 4.69) is 15.3 Å². The van der Waals surface area contributed by atoms with Gasteiger partial charge < -0.3 is 19.9 Å². The highest BCUT2D eigenvalue weighted by Crippen LogP contribution is 2.34. The van der Waals surface area contributed by atoms with E-state index in [1.807, 2.05) is 0 Å². The first-order valence-corrected chi connectivity index (χ1v) is 9.44. The Kier molecular flexibility index (Phi) is 6.40. The number of carbonyl (C=O) groups is 2. The molecular formula is C19H22N6O5. The molecule has 0 bridgehead atoms. The topological polar surface area (TPSA) is 131 Å². The molecule has 1 fully saturated rings. The minimum absolute atomic E-state index is 0.0264. The summed E-state index contributed by atoms with van der Waals surface area (Å²) in [5, 5.41) is 14.7. The number of Topliss-reactive ketones (excluding diaryl/α,β-unsaturated/α-hetero) is 1. The zero-order chi connectivity index (χ0) is 21.7. The molecule has 1 amide bonds. The summed E-state index contributed by atoms with van der Waals surface area (Å²) in [4.78, 5) is 46.2. The van der Waals surface area contributed by atoms with Crippen LogP contribution in [0.2, 0.25) is 0 Å². The third kappa shape index (κ3) is 4.62. The van der Waals surface area contributed by atoms with Crippen molar-refractivity contribution in [3.63, 3.8) is 0 Å². The molecule has 1 aliphatic heterocycles. The van der Waals surface area contributed by atoms with Crippen LogP contribution in [0.15, 0.2) is 30.6 Å². The molecule has 1 N–H and O–H groups in total. The Labute approximate surface area is 172 Å².